The molecule has 0 saturated carbocycles. The number of fused-ring (bicyclic) bond motifs is 2. The van der Waals surface area contributed by atoms with Crippen LogP contribution in [-0.4, -0.2) is 23.4 Å². The average molecular weight is 538 g/mol. The van der Waals surface area contributed by atoms with Crippen molar-refractivity contribution < 1.29 is 23.6 Å². The van der Waals surface area contributed by atoms with E-state index in [4.69, 9.17) is 24.2 Å². The zero-order valence-corrected chi connectivity index (χ0v) is 21.7. The number of quaternary nitrogens is 1. The van der Waals surface area contributed by atoms with Crippen LogP contribution in [0.1, 0.15) is 0 Å². The van der Waals surface area contributed by atoms with E-state index < -0.39 is 0 Å². The van der Waals surface area contributed by atoms with Gasteiger partial charge in [-0.1, -0.05) is 24.3 Å². The summed E-state index contributed by atoms with van der Waals surface area (Å²) in [4.78, 5) is 9.72. The lowest BCUT2D eigenvalue weighted by Crippen LogP contribution is -2.98. The van der Waals surface area contributed by atoms with Crippen LogP contribution in [0.25, 0.3) is 22.3 Å². The maximum atomic E-state index is 6.76. The van der Waals surface area contributed by atoms with Crippen molar-refractivity contribution >= 4 is 57.8 Å². The van der Waals surface area contributed by atoms with Gasteiger partial charge in [-0.2, -0.15) is 0 Å². The standard InChI is InChI=1S/C32H14B2N5O3/c1-5-15-17-7-3-11-37-29(17)33-23(15)19(9-1)41-31-25(33)27-21(13-35-31)40-22-14-36-32-26-28(22)39(27,37)38-12-4-8-18-16-6-2-10-20(42-32)24(16)34(26)30(18)38/h1-14H/q+3. The molecule has 0 unspecified atom stereocenters. The number of hydrogen-bond acceptors (Lipinski definition) is 5. The highest BCUT2D eigenvalue weighted by Crippen LogP contribution is 2.53. The van der Waals surface area contributed by atoms with E-state index in [1.54, 1.807) is 0 Å². The van der Waals surface area contributed by atoms with Crippen LogP contribution >= 0.6 is 0 Å². The molecule has 4 aromatic heterocycles. The van der Waals surface area contributed by atoms with Crippen LogP contribution in [0.2, 0.25) is 0 Å². The lowest BCUT2D eigenvalue weighted by molar-refractivity contribution is -1.03. The van der Waals surface area contributed by atoms with Crippen LogP contribution in [0.5, 0.6) is 34.8 Å². The molecule has 0 N–H and O–H groups in total. The Balaban J connectivity index is 1.32. The highest BCUT2D eigenvalue weighted by atomic mass is 16.5. The summed E-state index contributed by atoms with van der Waals surface area (Å²) in [6, 6.07) is 21.5. The summed E-state index contributed by atoms with van der Waals surface area (Å²) in [6.07, 6.45) is 8.07. The first-order chi connectivity index (χ1) is 20.8. The minimum Gasteiger partial charge on any atom is -0.440 e. The molecular formula is C32H14B2N5O3+3. The van der Waals surface area contributed by atoms with Gasteiger partial charge in [0.05, 0.1) is 23.3 Å². The van der Waals surface area contributed by atoms with Crippen molar-refractivity contribution in [2.24, 2.45) is 0 Å². The van der Waals surface area contributed by atoms with E-state index >= 15 is 0 Å². The SMILES string of the molecule is c1cc2c3c(c1)-c1ccc[n+]4c1B3c1c(ncc3c1[N+]41c4c(cnc5c4B4c6c(cccc6-c6ccc[n+]1c64)O5)O3)O2. The number of hydrogen-bond donors (Lipinski definition) is 0. The number of benzene rings is 2. The van der Waals surface area contributed by atoms with E-state index in [0.717, 1.165) is 33.8 Å². The Kier molecular flexibility index (Phi) is 2.70. The molecule has 0 bridgehead atoms. The van der Waals surface area contributed by atoms with E-state index in [9.17, 15) is 0 Å². The quantitative estimate of drug-likeness (QED) is 0.161. The average Bonchev–Trinajstić information content (AvgIpc) is 3.56. The zero-order valence-electron chi connectivity index (χ0n) is 21.7. The van der Waals surface area contributed by atoms with E-state index in [-0.39, 0.29) is 18.1 Å². The minimum atomic E-state index is -0.0136. The molecule has 7 aliphatic heterocycles. The predicted molar refractivity (Wildman–Crippen MR) is 154 cm³/mol. The van der Waals surface area contributed by atoms with Gasteiger partial charge in [0.15, 0.2) is 4.70 Å². The first kappa shape index (κ1) is 19.6. The summed E-state index contributed by atoms with van der Waals surface area (Å²) in [7, 11) is 0. The first-order valence-electron chi connectivity index (χ1n) is 14.2. The van der Waals surface area contributed by atoms with Crippen molar-refractivity contribution in [1.82, 2.24) is 14.7 Å². The van der Waals surface area contributed by atoms with Crippen LogP contribution < -0.4 is 61.3 Å². The molecule has 0 saturated heterocycles. The molecule has 6 aromatic rings. The second-order valence-corrected chi connectivity index (χ2v) is 11.9. The summed E-state index contributed by atoms with van der Waals surface area (Å²) in [6.45, 7) is -0.0272. The third kappa shape index (κ3) is 1.67. The Morgan fingerprint density at radius 1 is 0.524 bits per heavy atom. The van der Waals surface area contributed by atoms with Gasteiger partial charge in [-0.25, -0.2) is 9.97 Å². The maximum absolute atomic E-state index is 6.76. The van der Waals surface area contributed by atoms with E-state index in [1.165, 1.54) is 44.4 Å². The van der Waals surface area contributed by atoms with Crippen molar-refractivity contribution in [3.63, 3.8) is 0 Å². The molecule has 0 radical (unpaired) electrons. The lowest BCUT2D eigenvalue weighted by Gasteiger charge is -2.39. The Labute approximate surface area is 238 Å². The topological polar surface area (TPSA) is 61.2 Å². The molecule has 11 heterocycles. The maximum Gasteiger partial charge on any atom is 0.353 e. The fraction of sp³-hybridized carbons (Fsp3) is 0. The van der Waals surface area contributed by atoms with Crippen LogP contribution in [-0.2, 0) is 0 Å². The fourth-order valence-electron chi connectivity index (χ4n) is 9.14. The normalized spacial score (nSPS) is 16.8. The number of ether oxygens (including phenoxy) is 3. The molecule has 0 amide bonds. The summed E-state index contributed by atoms with van der Waals surface area (Å²) in [5.41, 5.74) is 13.9. The van der Waals surface area contributed by atoms with Crippen LogP contribution in [0, 0.1) is 0 Å². The monoisotopic (exact) mass is 538 g/mol. The Morgan fingerprint density at radius 2 is 1.02 bits per heavy atom. The van der Waals surface area contributed by atoms with Gasteiger partial charge in [-0.05, 0) is 46.3 Å². The second kappa shape index (κ2) is 5.79. The first-order valence-corrected chi connectivity index (χ1v) is 14.2. The molecule has 0 fully saturated rings. The van der Waals surface area contributed by atoms with Crippen LogP contribution in [0.15, 0.2) is 85.5 Å². The van der Waals surface area contributed by atoms with Gasteiger partial charge in [0.1, 0.15) is 11.5 Å². The largest absolute Gasteiger partial charge is 0.440 e. The van der Waals surface area contributed by atoms with Crippen LogP contribution in [0.3, 0.4) is 0 Å². The Morgan fingerprint density at radius 3 is 1.55 bits per heavy atom. The van der Waals surface area contributed by atoms with Gasteiger partial charge in [-0.15, -0.1) is 0 Å². The van der Waals surface area contributed by atoms with Gasteiger partial charge in [0.2, 0.25) is 46.8 Å². The molecule has 188 valence electrons. The highest BCUT2D eigenvalue weighted by molar-refractivity contribution is 7.01. The van der Waals surface area contributed by atoms with Crippen molar-refractivity contribution in [3.05, 3.63) is 85.5 Å². The van der Waals surface area contributed by atoms with Gasteiger partial charge < -0.3 is 14.2 Å². The van der Waals surface area contributed by atoms with Gasteiger partial charge in [-0.3, -0.25) is 0 Å². The molecule has 8 nitrogen and oxygen atoms in total. The second-order valence-electron chi connectivity index (χ2n) is 11.9. The van der Waals surface area contributed by atoms with Crippen molar-refractivity contribution in [3.8, 4) is 57.0 Å². The molecule has 0 aliphatic carbocycles. The molecule has 0 atom stereocenters. The van der Waals surface area contributed by atoms with Gasteiger partial charge in [0, 0.05) is 32.6 Å². The summed E-state index contributed by atoms with van der Waals surface area (Å²) >= 11 is 0. The molecule has 13 rings (SSSR count). The van der Waals surface area contributed by atoms with Crippen molar-refractivity contribution in [2.75, 3.05) is 0 Å². The molecule has 7 aliphatic rings. The van der Waals surface area contributed by atoms with Gasteiger partial charge >= 0.3 is 24.8 Å². The number of rotatable bonds is 0. The third-order valence-electron chi connectivity index (χ3n) is 10.4. The smallest absolute Gasteiger partial charge is 0.353 e. The van der Waals surface area contributed by atoms with E-state index in [1.807, 2.05) is 12.4 Å². The Bertz CT molecular complexity index is 2280. The van der Waals surface area contributed by atoms with Crippen molar-refractivity contribution in [2.45, 2.75) is 0 Å². The lowest BCUT2D eigenvalue weighted by atomic mass is 9.37. The molecular weight excluding hydrogens is 524 g/mol. The number of nitrogens with zero attached hydrogens (tertiary/aromatic N) is 5. The minimum absolute atomic E-state index is 0.0136. The summed E-state index contributed by atoms with van der Waals surface area (Å²) in [5.74, 6) is 4.43. The fourth-order valence-corrected chi connectivity index (χ4v) is 9.14. The highest BCUT2D eigenvalue weighted by Gasteiger charge is 2.76. The summed E-state index contributed by atoms with van der Waals surface area (Å²) in [5, 5.41) is 0. The zero-order chi connectivity index (χ0) is 26.6. The van der Waals surface area contributed by atoms with Crippen molar-refractivity contribution in [1.29, 1.82) is 0 Å². The Hall–Kier alpha value is -5.47. The molecule has 1 spiro atoms. The van der Waals surface area contributed by atoms with E-state index in [2.05, 4.69) is 82.4 Å². The molecule has 10 heteroatoms. The van der Waals surface area contributed by atoms with E-state index in [0.29, 0.717) is 23.3 Å². The number of aromatic nitrogens is 4. The molecule has 2 aromatic carbocycles. The number of pyridine rings is 4. The predicted octanol–water partition coefficient (Wildman–Crippen LogP) is 0.554. The summed E-state index contributed by atoms with van der Waals surface area (Å²) < 4.78 is 25.1. The van der Waals surface area contributed by atoms with Crippen LogP contribution in [0.4, 0.5) is 11.4 Å². The molecule has 42 heavy (non-hydrogen) atoms. The van der Waals surface area contributed by atoms with Gasteiger partial charge in [0.25, 0.3) is 0 Å². The third-order valence-corrected chi connectivity index (χ3v) is 10.4.